The van der Waals surface area contributed by atoms with E-state index in [9.17, 15) is 31.1 Å². The summed E-state index contributed by atoms with van der Waals surface area (Å²) in [6.45, 7) is 0. The number of alkyl halides is 6. The van der Waals surface area contributed by atoms with Crippen molar-refractivity contribution in [2.45, 2.75) is 12.4 Å². The van der Waals surface area contributed by atoms with Gasteiger partial charge in [-0.2, -0.15) is 26.3 Å². The molecule has 196 valence electrons. The maximum absolute atomic E-state index is 13.8. The van der Waals surface area contributed by atoms with E-state index < -0.39 is 63.6 Å². The number of carbonyl (C=O) groups is 1. The van der Waals surface area contributed by atoms with Crippen molar-refractivity contribution >= 4 is 17.2 Å². The molecule has 0 heterocycles. The van der Waals surface area contributed by atoms with Crippen LogP contribution in [0, 0.1) is 0 Å². The molecule has 0 radical (unpaired) electrons. The molecular weight excluding hydrogens is 514 g/mol. The second-order valence-electron chi connectivity index (χ2n) is 7.97. The molecule has 0 spiro atoms. The number of nitrogens with two attached hydrogens (primary N) is 2. The first-order valence-corrected chi connectivity index (χ1v) is 10.9. The number of nitrogen functional groups attached to an aromatic ring is 2. The van der Waals surface area contributed by atoms with Gasteiger partial charge in [-0.1, -0.05) is 48.5 Å². The topological polar surface area (TPSA) is 87.6 Å². The van der Waals surface area contributed by atoms with E-state index >= 15 is 0 Å². The molecule has 0 unspecified atom stereocenters. The van der Waals surface area contributed by atoms with Gasteiger partial charge in [-0.05, 0) is 36.4 Å². The van der Waals surface area contributed by atoms with Crippen LogP contribution in [0.25, 0.3) is 0 Å². The van der Waals surface area contributed by atoms with Crippen molar-refractivity contribution in [3.63, 3.8) is 0 Å². The van der Waals surface area contributed by atoms with E-state index in [1.54, 1.807) is 18.2 Å². The van der Waals surface area contributed by atoms with E-state index in [-0.39, 0.29) is 11.1 Å². The van der Waals surface area contributed by atoms with E-state index in [4.69, 9.17) is 20.9 Å². The Hall–Kier alpha value is -4.67. The molecule has 0 aromatic heterocycles. The van der Waals surface area contributed by atoms with Crippen LogP contribution in [0.5, 0.6) is 23.0 Å². The molecule has 4 aromatic rings. The number of carbonyl (C=O) groups excluding carboxylic acids is 1. The first-order chi connectivity index (χ1) is 17.9. The summed E-state index contributed by atoms with van der Waals surface area (Å²) in [5, 5.41) is 0. The maximum atomic E-state index is 13.8. The van der Waals surface area contributed by atoms with Crippen LogP contribution in [0.15, 0.2) is 84.9 Å². The van der Waals surface area contributed by atoms with Gasteiger partial charge in [0.2, 0.25) is 0 Å². The number of ketones is 1. The van der Waals surface area contributed by atoms with Crippen LogP contribution in [-0.2, 0) is 12.4 Å². The van der Waals surface area contributed by atoms with Crippen molar-refractivity contribution in [3.8, 4) is 23.0 Å². The summed E-state index contributed by atoms with van der Waals surface area (Å²) in [7, 11) is 0. The molecule has 0 amide bonds. The molecule has 4 aromatic carbocycles. The third-order valence-corrected chi connectivity index (χ3v) is 5.38. The number of ether oxygens (including phenoxy) is 2. The smallest absolute Gasteiger partial charge is 0.421 e. The molecule has 0 atom stereocenters. The van der Waals surface area contributed by atoms with Crippen LogP contribution < -0.4 is 20.9 Å². The average molecular weight is 532 g/mol. The summed E-state index contributed by atoms with van der Waals surface area (Å²) in [6, 6.07) is 17.8. The SMILES string of the molecule is Nc1cccc(Oc2cccc(C(=O)c3ccccc3)c2Oc2cccc(N)c2C(F)(F)F)c1C(F)(F)F. The van der Waals surface area contributed by atoms with E-state index in [1.165, 1.54) is 36.4 Å². The van der Waals surface area contributed by atoms with E-state index in [0.29, 0.717) is 0 Å². The highest BCUT2D eigenvalue weighted by Gasteiger charge is 2.39. The summed E-state index contributed by atoms with van der Waals surface area (Å²) in [5.74, 6) is -3.20. The van der Waals surface area contributed by atoms with Gasteiger partial charge in [-0.25, -0.2) is 0 Å². The number of hydrogen-bond donors (Lipinski definition) is 2. The van der Waals surface area contributed by atoms with Gasteiger partial charge in [0.15, 0.2) is 17.3 Å². The van der Waals surface area contributed by atoms with Crippen LogP contribution in [0.4, 0.5) is 37.7 Å². The molecule has 0 aliphatic heterocycles. The summed E-state index contributed by atoms with van der Waals surface area (Å²) < 4.78 is 93.7. The van der Waals surface area contributed by atoms with Gasteiger partial charge < -0.3 is 20.9 Å². The summed E-state index contributed by atoms with van der Waals surface area (Å²) >= 11 is 0. The predicted molar refractivity (Wildman–Crippen MR) is 128 cm³/mol. The lowest BCUT2D eigenvalue weighted by atomic mass is 10.0. The second kappa shape index (κ2) is 10.0. The molecule has 0 fully saturated rings. The lowest BCUT2D eigenvalue weighted by Crippen LogP contribution is -2.12. The number of benzene rings is 4. The van der Waals surface area contributed by atoms with Crippen LogP contribution in [0.2, 0.25) is 0 Å². The Kier molecular flexibility index (Phi) is 6.95. The van der Waals surface area contributed by atoms with E-state index in [0.717, 1.165) is 30.3 Å². The summed E-state index contributed by atoms with van der Waals surface area (Å²) in [4.78, 5) is 13.3. The fourth-order valence-corrected chi connectivity index (χ4v) is 3.73. The molecule has 4 rings (SSSR count). The molecular formula is C27H18F6N2O3. The Morgan fingerprint density at radius 1 is 0.579 bits per heavy atom. The molecule has 38 heavy (non-hydrogen) atoms. The second-order valence-corrected chi connectivity index (χ2v) is 7.97. The Morgan fingerprint density at radius 3 is 1.58 bits per heavy atom. The monoisotopic (exact) mass is 532 g/mol. The molecule has 0 bridgehead atoms. The standard InChI is InChI=1S/C27H18F6N2O3/c28-26(29,30)22-17(34)10-5-12-19(22)37-21-14-4-9-16(24(36)15-7-2-1-3-8-15)25(21)38-20-13-6-11-18(35)23(20)27(31,32)33/h1-14H,34-35H2. The molecule has 0 saturated heterocycles. The number of hydrogen-bond acceptors (Lipinski definition) is 5. The molecule has 11 heteroatoms. The van der Waals surface area contributed by atoms with Gasteiger partial charge in [-0.3, -0.25) is 4.79 Å². The molecule has 0 saturated carbocycles. The lowest BCUT2D eigenvalue weighted by Gasteiger charge is -2.21. The van der Waals surface area contributed by atoms with Crippen molar-refractivity contribution < 1.29 is 40.6 Å². The fourth-order valence-electron chi connectivity index (χ4n) is 3.73. The minimum Gasteiger partial charge on any atom is -0.453 e. The predicted octanol–water partition coefficient (Wildman–Crippen LogP) is 7.70. The first-order valence-electron chi connectivity index (χ1n) is 10.9. The maximum Gasteiger partial charge on any atom is 0.421 e. The van der Waals surface area contributed by atoms with Gasteiger partial charge in [-0.15, -0.1) is 0 Å². The van der Waals surface area contributed by atoms with Crippen LogP contribution in [0.1, 0.15) is 27.0 Å². The van der Waals surface area contributed by atoms with Gasteiger partial charge in [0.05, 0.1) is 5.56 Å². The Bertz CT molecular complexity index is 1480. The van der Waals surface area contributed by atoms with Crippen LogP contribution in [-0.4, -0.2) is 5.78 Å². The Balaban J connectivity index is 1.92. The molecule has 0 aliphatic rings. The number of anilines is 2. The molecule has 4 N–H and O–H groups in total. The van der Waals surface area contributed by atoms with Gasteiger partial charge in [0.25, 0.3) is 0 Å². The van der Waals surface area contributed by atoms with Gasteiger partial charge in [0.1, 0.15) is 22.6 Å². The fraction of sp³-hybridized carbons (Fsp3) is 0.0741. The van der Waals surface area contributed by atoms with Crippen molar-refractivity contribution in [1.82, 2.24) is 0 Å². The normalized spacial score (nSPS) is 11.7. The van der Waals surface area contributed by atoms with Crippen molar-refractivity contribution in [3.05, 3.63) is 107 Å². The van der Waals surface area contributed by atoms with Crippen LogP contribution in [0.3, 0.4) is 0 Å². The quantitative estimate of drug-likeness (QED) is 0.151. The minimum atomic E-state index is -4.95. The highest BCUT2D eigenvalue weighted by Crippen LogP contribution is 2.47. The summed E-state index contributed by atoms with van der Waals surface area (Å²) in [5.41, 5.74) is 7.07. The van der Waals surface area contributed by atoms with E-state index in [1.807, 2.05) is 0 Å². The minimum absolute atomic E-state index is 0.151. The third-order valence-electron chi connectivity index (χ3n) is 5.38. The number of rotatable bonds is 6. The van der Waals surface area contributed by atoms with E-state index in [2.05, 4.69) is 0 Å². The molecule has 0 aliphatic carbocycles. The van der Waals surface area contributed by atoms with Crippen molar-refractivity contribution in [2.75, 3.05) is 11.5 Å². The highest BCUT2D eigenvalue weighted by molar-refractivity contribution is 6.11. The molecule has 5 nitrogen and oxygen atoms in total. The first kappa shape index (κ1) is 26.4. The number of para-hydroxylation sites is 1. The highest BCUT2D eigenvalue weighted by atomic mass is 19.4. The zero-order valence-electron chi connectivity index (χ0n) is 19.2. The summed E-state index contributed by atoms with van der Waals surface area (Å²) in [6.07, 6.45) is -9.87. The van der Waals surface area contributed by atoms with Crippen LogP contribution >= 0.6 is 0 Å². The zero-order valence-corrected chi connectivity index (χ0v) is 19.2. The van der Waals surface area contributed by atoms with Crippen molar-refractivity contribution in [1.29, 1.82) is 0 Å². The lowest BCUT2D eigenvalue weighted by molar-refractivity contribution is -0.138. The Labute approximate surface area is 212 Å². The van der Waals surface area contributed by atoms with Gasteiger partial charge in [0, 0.05) is 16.9 Å². The van der Waals surface area contributed by atoms with Crippen molar-refractivity contribution in [2.24, 2.45) is 0 Å². The third kappa shape index (κ3) is 5.36. The average Bonchev–Trinajstić information content (AvgIpc) is 2.83. The number of halogens is 6. The Morgan fingerprint density at radius 2 is 1.05 bits per heavy atom. The zero-order chi connectivity index (χ0) is 27.7. The van der Waals surface area contributed by atoms with Gasteiger partial charge >= 0.3 is 12.4 Å². The largest absolute Gasteiger partial charge is 0.453 e.